The van der Waals surface area contributed by atoms with Crippen LogP contribution in [-0.4, -0.2) is 18.8 Å². The van der Waals surface area contributed by atoms with Crippen molar-refractivity contribution in [3.8, 4) is 0 Å². The molecular weight excluding hydrogens is 336 g/mol. The van der Waals surface area contributed by atoms with E-state index in [1.165, 1.54) is 19.1 Å². The largest absolute Gasteiger partial charge is 0.348 e. The van der Waals surface area contributed by atoms with Crippen molar-refractivity contribution in [2.24, 2.45) is 7.05 Å². The number of aryl methyl sites for hydroxylation is 2. The number of hydrogen-bond acceptors (Lipinski definition) is 3. The number of rotatable bonds is 5. The molecule has 0 aliphatic carbocycles. The Bertz CT molecular complexity index is 1070. The van der Waals surface area contributed by atoms with Crippen molar-refractivity contribution in [1.82, 2.24) is 9.29 Å². The van der Waals surface area contributed by atoms with Crippen molar-refractivity contribution in [3.63, 3.8) is 0 Å². The molecule has 6 heteroatoms. The first-order chi connectivity index (χ1) is 11.8. The number of carbonyl (C=O) groups excluding carboxylic acids is 1. The van der Waals surface area contributed by atoms with Crippen LogP contribution in [0.5, 0.6) is 0 Å². The first kappa shape index (κ1) is 17.4. The van der Waals surface area contributed by atoms with Gasteiger partial charge >= 0.3 is 0 Å². The van der Waals surface area contributed by atoms with Crippen LogP contribution in [0.2, 0.25) is 0 Å². The molecule has 3 rings (SSSR count). The van der Waals surface area contributed by atoms with Crippen LogP contribution in [0.15, 0.2) is 53.4 Å². The molecular formula is C19H20N2O3S. The average Bonchev–Trinajstić information content (AvgIpc) is 2.87. The molecule has 0 radical (unpaired) electrons. The van der Waals surface area contributed by atoms with Crippen molar-refractivity contribution in [2.75, 3.05) is 0 Å². The molecule has 0 amide bonds. The molecule has 25 heavy (non-hydrogen) atoms. The monoisotopic (exact) mass is 356 g/mol. The predicted octanol–water partition coefficient (Wildman–Crippen LogP) is 3.17. The first-order valence-corrected chi connectivity index (χ1v) is 9.42. The average molecular weight is 356 g/mol. The number of nitrogens with zero attached hydrogens (tertiary/aromatic N) is 1. The lowest BCUT2D eigenvalue weighted by Crippen LogP contribution is -2.23. The van der Waals surface area contributed by atoms with Crippen molar-refractivity contribution < 1.29 is 13.2 Å². The fourth-order valence-electron chi connectivity index (χ4n) is 2.79. The zero-order valence-corrected chi connectivity index (χ0v) is 15.2. The number of carbonyl (C=O) groups is 1. The summed E-state index contributed by atoms with van der Waals surface area (Å²) in [5.74, 6) is -0.165. The zero-order chi connectivity index (χ0) is 18.2. The maximum atomic E-state index is 12.5. The molecule has 0 aliphatic heterocycles. The van der Waals surface area contributed by atoms with Gasteiger partial charge in [-0.25, -0.2) is 13.1 Å². The number of sulfonamides is 1. The molecule has 3 aromatic rings. The normalized spacial score (nSPS) is 11.8. The third-order valence-corrected chi connectivity index (χ3v) is 5.76. The fourth-order valence-corrected chi connectivity index (χ4v) is 3.85. The summed E-state index contributed by atoms with van der Waals surface area (Å²) in [6.07, 6.45) is 0. The zero-order valence-electron chi connectivity index (χ0n) is 14.4. The van der Waals surface area contributed by atoms with E-state index in [9.17, 15) is 13.2 Å². The highest BCUT2D eigenvalue weighted by Crippen LogP contribution is 2.20. The number of benzene rings is 2. The van der Waals surface area contributed by atoms with E-state index >= 15 is 0 Å². The Balaban J connectivity index is 1.82. The highest BCUT2D eigenvalue weighted by molar-refractivity contribution is 7.89. The summed E-state index contributed by atoms with van der Waals surface area (Å²) in [5, 5.41) is 1.08. The Morgan fingerprint density at radius 2 is 1.88 bits per heavy atom. The second-order valence-electron chi connectivity index (χ2n) is 6.15. The number of ketones is 1. The molecule has 1 aromatic heterocycles. The van der Waals surface area contributed by atoms with Gasteiger partial charge in [-0.3, -0.25) is 4.79 Å². The molecule has 0 aliphatic rings. The summed E-state index contributed by atoms with van der Waals surface area (Å²) < 4.78 is 29.6. The van der Waals surface area contributed by atoms with Gasteiger partial charge in [0, 0.05) is 35.8 Å². The van der Waals surface area contributed by atoms with E-state index in [0.29, 0.717) is 5.56 Å². The first-order valence-electron chi connectivity index (χ1n) is 7.93. The molecule has 2 aromatic carbocycles. The molecule has 130 valence electrons. The van der Waals surface area contributed by atoms with Gasteiger partial charge in [-0.15, -0.1) is 0 Å². The Labute approximate surface area is 147 Å². The van der Waals surface area contributed by atoms with Gasteiger partial charge in [-0.1, -0.05) is 18.2 Å². The minimum atomic E-state index is -3.68. The highest BCUT2D eigenvalue weighted by Gasteiger charge is 2.15. The maximum absolute atomic E-state index is 12.5. The minimum absolute atomic E-state index is 0.0943. The molecule has 0 bridgehead atoms. The van der Waals surface area contributed by atoms with Gasteiger partial charge in [0.25, 0.3) is 0 Å². The third kappa shape index (κ3) is 3.50. The second-order valence-corrected chi connectivity index (χ2v) is 7.91. The third-order valence-electron chi connectivity index (χ3n) is 4.36. The number of aromatic nitrogens is 1. The van der Waals surface area contributed by atoms with Gasteiger partial charge in [0.05, 0.1) is 4.90 Å². The second kappa shape index (κ2) is 6.46. The molecule has 0 atom stereocenters. The molecule has 1 heterocycles. The predicted molar refractivity (Wildman–Crippen MR) is 98.1 cm³/mol. The van der Waals surface area contributed by atoms with Crippen LogP contribution in [0.1, 0.15) is 28.5 Å². The van der Waals surface area contributed by atoms with Crippen LogP contribution in [0, 0.1) is 6.92 Å². The summed E-state index contributed by atoms with van der Waals surface area (Å²) in [4.78, 5) is 11.5. The smallest absolute Gasteiger partial charge is 0.240 e. The van der Waals surface area contributed by atoms with Gasteiger partial charge in [-0.05, 0) is 49.7 Å². The van der Waals surface area contributed by atoms with E-state index in [4.69, 9.17) is 0 Å². The van der Waals surface area contributed by atoms with Crippen molar-refractivity contribution in [2.45, 2.75) is 25.3 Å². The molecule has 0 saturated carbocycles. The van der Waals surface area contributed by atoms with Gasteiger partial charge in [0.15, 0.2) is 5.78 Å². The van der Waals surface area contributed by atoms with E-state index in [2.05, 4.69) is 15.4 Å². The standard InChI is InChI=1S/C19H20N2O3S/c1-13-9-17-10-15(7-8-19(17)21(13)3)12-20-25(23,24)18-6-4-5-16(11-18)14(2)22/h4-11,20H,12H2,1-3H3. The molecule has 0 fully saturated rings. The van der Waals surface area contributed by atoms with Crippen molar-refractivity contribution in [1.29, 1.82) is 0 Å². The van der Waals surface area contributed by atoms with Gasteiger partial charge in [0.1, 0.15) is 0 Å². The van der Waals surface area contributed by atoms with Crippen LogP contribution in [0.3, 0.4) is 0 Å². The Kier molecular flexibility index (Phi) is 4.49. The number of Topliss-reactive ketones (excluding diaryl/α,β-unsaturated/α-hetero) is 1. The number of hydrogen-bond donors (Lipinski definition) is 1. The van der Waals surface area contributed by atoms with Crippen LogP contribution < -0.4 is 4.72 Å². The Morgan fingerprint density at radius 1 is 1.12 bits per heavy atom. The lowest BCUT2D eigenvalue weighted by Gasteiger charge is -2.08. The molecule has 0 spiro atoms. The van der Waals surface area contributed by atoms with E-state index in [0.717, 1.165) is 22.2 Å². The van der Waals surface area contributed by atoms with E-state index in [-0.39, 0.29) is 17.2 Å². The molecule has 0 unspecified atom stereocenters. The Morgan fingerprint density at radius 3 is 2.60 bits per heavy atom. The van der Waals surface area contributed by atoms with Gasteiger partial charge in [-0.2, -0.15) is 0 Å². The summed E-state index contributed by atoms with van der Waals surface area (Å²) in [7, 11) is -1.68. The summed E-state index contributed by atoms with van der Waals surface area (Å²) >= 11 is 0. The lowest BCUT2D eigenvalue weighted by molar-refractivity contribution is 0.101. The fraction of sp³-hybridized carbons (Fsp3) is 0.211. The van der Waals surface area contributed by atoms with E-state index < -0.39 is 10.0 Å². The minimum Gasteiger partial charge on any atom is -0.348 e. The quantitative estimate of drug-likeness (QED) is 0.714. The molecule has 5 nitrogen and oxygen atoms in total. The van der Waals surface area contributed by atoms with E-state index in [1.807, 2.05) is 32.2 Å². The van der Waals surface area contributed by atoms with E-state index in [1.54, 1.807) is 12.1 Å². The van der Waals surface area contributed by atoms with Gasteiger partial charge < -0.3 is 4.57 Å². The number of fused-ring (bicyclic) bond motifs is 1. The van der Waals surface area contributed by atoms with Crippen LogP contribution in [0.25, 0.3) is 10.9 Å². The highest BCUT2D eigenvalue weighted by atomic mass is 32.2. The SMILES string of the molecule is CC(=O)c1cccc(S(=O)(=O)NCc2ccc3c(c2)cc(C)n3C)c1. The Hall–Kier alpha value is -2.44. The maximum Gasteiger partial charge on any atom is 0.240 e. The van der Waals surface area contributed by atoms with Crippen LogP contribution in [0.4, 0.5) is 0 Å². The molecule has 1 N–H and O–H groups in total. The summed E-state index contributed by atoms with van der Waals surface area (Å²) in [5.41, 5.74) is 3.51. The molecule has 0 saturated heterocycles. The lowest BCUT2D eigenvalue weighted by atomic mass is 10.1. The topological polar surface area (TPSA) is 68.2 Å². The summed E-state index contributed by atoms with van der Waals surface area (Å²) in [6, 6.07) is 14.0. The van der Waals surface area contributed by atoms with Crippen molar-refractivity contribution in [3.05, 3.63) is 65.4 Å². The van der Waals surface area contributed by atoms with Crippen LogP contribution in [-0.2, 0) is 23.6 Å². The van der Waals surface area contributed by atoms with Crippen LogP contribution >= 0.6 is 0 Å². The van der Waals surface area contributed by atoms with Gasteiger partial charge in [0.2, 0.25) is 10.0 Å². The van der Waals surface area contributed by atoms with Crippen molar-refractivity contribution >= 4 is 26.7 Å². The summed E-state index contributed by atoms with van der Waals surface area (Å²) in [6.45, 7) is 3.64. The number of nitrogens with one attached hydrogen (secondary N) is 1.